The van der Waals surface area contributed by atoms with Crippen LogP contribution in [-0.2, 0) is 9.59 Å². The van der Waals surface area contributed by atoms with Gasteiger partial charge in [0.15, 0.2) is 0 Å². The van der Waals surface area contributed by atoms with Gasteiger partial charge in [-0.1, -0.05) is 0 Å². The van der Waals surface area contributed by atoms with Crippen molar-refractivity contribution < 1.29 is 9.59 Å². The smallest absolute Gasteiger partial charge is 0.228 e. The molecule has 0 aromatic carbocycles. The second-order valence-electron chi connectivity index (χ2n) is 13.7. The molecule has 8 bridgehead atoms. The zero-order valence-electron chi connectivity index (χ0n) is 19.9. The van der Waals surface area contributed by atoms with Gasteiger partial charge in [-0.2, -0.15) is 0 Å². The van der Waals surface area contributed by atoms with E-state index in [1.807, 2.05) is 0 Å². The average Bonchev–Trinajstić information content (AvgIpc) is 2.71. The van der Waals surface area contributed by atoms with Crippen molar-refractivity contribution in [2.75, 3.05) is 26.2 Å². The summed E-state index contributed by atoms with van der Waals surface area (Å²) in [6.07, 6.45) is 17.3. The van der Waals surface area contributed by atoms with Crippen LogP contribution in [0.1, 0.15) is 89.9 Å². The van der Waals surface area contributed by atoms with E-state index < -0.39 is 0 Å². The number of hydrogen-bond acceptors (Lipinski definition) is 2. The molecule has 4 nitrogen and oxygen atoms in total. The molecule has 0 spiro atoms. The van der Waals surface area contributed by atoms with Gasteiger partial charge >= 0.3 is 0 Å². The van der Waals surface area contributed by atoms with Crippen LogP contribution in [0.3, 0.4) is 0 Å². The summed E-state index contributed by atoms with van der Waals surface area (Å²) in [6.45, 7) is 3.47. The van der Waals surface area contributed by atoms with E-state index in [4.69, 9.17) is 0 Å². The maximum Gasteiger partial charge on any atom is 0.228 e. The highest BCUT2D eigenvalue weighted by Gasteiger charge is 2.57. The Hall–Kier alpha value is -1.06. The number of amides is 2. The maximum atomic E-state index is 13.8. The first-order valence-electron chi connectivity index (χ1n) is 14.1. The van der Waals surface area contributed by atoms with Gasteiger partial charge in [0.1, 0.15) is 0 Å². The predicted molar refractivity (Wildman–Crippen MR) is 124 cm³/mol. The van der Waals surface area contributed by atoms with E-state index in [1.54, 1.807) is 0 Å². The molecule has 1 saturated heterocycles. The predicted octanol–water partition coefficient (Wildman–Crippen LogP) is 4.87. The molecule has 32 heavy (non-hydrogen) atoms. The molecule has 9 rings (SSSR count). The van der Waals surface area contributed by atoms with Crippen molar-refractivity contribution in [3.05, 3.63) is 0 Å². The Bertz CT molecular complexity index is 659. The lowest BCUT2D eigenvalue weighted by Crippen LogP contribution is -2.57. The SMILES string of the molecule is O=C(N1CCCN(C(=O)C23CC4CC(CC(C4)C2)C3)CCC1)C12CC3CC(CC(C3)C1)C2. The van der Waals surface area contributed by atoms with Crippen LogP contribution >= 0.6 is 0 Å². The fraction of sp³-hybridized carbons (Fsp3) is 0.929. The normalized spacial score (nSPS) is 49.2. The summed E-state index contributed by atoms with van der Waals surface area (Å²) < 4.78 is 0. The van der Waals surface area contributed by atoms with E-state index in [0.717, 1.165) is 74.5 Å². The molecule has 4 heteroatoms. The van der Waals surface area contributed by atoms with Crippen LogP contribution in [0.2, 0.25) is 0 Å². The van der Waals surface area contributed by atoms with Gasteiger partial charge in [0.05, 0.1) is 10.8 Å². The Morgan fingerprint density at radius 2 is 0.719 bits per heavy atom. The first kappa shape index (κ1) is 20.3. The molecule has 2 amide bonds. The van der Waals surface area contributed by atoms with Crippen molar-refractivity contribution >= 4 is 11.8 Å². The lowest BCUT2D eigenvalue weighted by atomic mass is 9.49. The molecule has 176 valence electrons. The van der Waals surface area contributed by atoms with Crippen molar-refractivity contribution in [1.29, 1.82) is 0 Å². The third-order valence-electron chi connectivity index (χ3n) is 11.3. The van der Waals surface area contributed by atoms with Gasteiger partial charge in [-0.3, -0.25) is 9.59 Å². The van der Waals surface area contributed by atoms with Gasteiger partial charge in [-0.05, 0) is 125 Å². The van der Waals surface area contributed by atoms with Crippen LogP contribution < -0.4 is 0 Å². The number of hydrogen-bond donors (Lipinski definition) is 0. The van der Waals surface area contributed by atoms with Crippen LogP contribution in [-0.4, -0.2) is 47.8 Å². The molecule has 9 aliphatic rings. The summed E-state index contributed by atoms with van der Waals surface area (Å²) in [6, 6.07) is 0. The second-order valence-corrected chi connectivity index (χ2v) is 13.7. The third-order valence-corrected chi connectivity index (χ3v) is 11.3. The average molecular weight is 439 g/mol. The van der Waals surface area contributed by atoms with Crippen molar-refractivity contribution in [3.63, 3.8) is 0 Å². The minimum Gasteiger partial charge on any atom is -0.342 e. The highest BCUT2D eigenvalue weighted by atomic mass is 16.2. The van der Waals surface area contributed by atoms with E-state index in [0.29, 0.717) is 11.8 Å². The van der Waals surface area contributed by atoms with Gasteiger partial charge in [0.2, 0.25) is 11.8 Å². The summed E-state index contributed by atoms with van der Waals surface area (Å²) in [7, 11) is 0. The molecule has 0 atom stereocenters. The summed E-state index contributed by atoms with van der Waals surface area (Å²) in [5.74, 6) is 5.96. The third kappa shape index (κ3) is 3.13. The van der Waals surface area contributed by atoms with Gasteiger partial charge in [-0.25, -0.2) is 0 Å². The van der Waals surface area contributed by atoms with Crippen LogP contribution in [0.4, 0.5) is 0 Å². The van der Waals surface area contributed by atoms with Gasteiger partial charge < -0.3 is 9.80 Å². The Labute approximate surface area is 193 Å². The van der Waals surface area contributed by atoms with E-state index in [2.05, 4.69) is 9.80 Å². The molecule has 9 fully saturated rings. The Morgan fingerprint density at radius 3 is 0.969 bits per heavy atom. The highest BCUT2D eigenvalue weighted by Crippen LogP contribution is 2.61. The van der Waals surface area contributed by atoms with Gasteiger partial charge in [0, 0.05) is 26.2 Å². The lowest BCUT2D eigenvalue weighted by Gasteiger charge is -2.57. The topological polar surface area (TPSA) is 40.6 Å². The Kier molecular flexibility index (Phi) is 4.58. The van der Waals surface area contributed by atoms with Crippen LogP contribution in [0.5, 0.6) is 0 Å². The van der Waals surface area contributed by atoms with Gasteiger partial charge in [0.25, 0.3) is 0 Å². The summed E-state index contributed by atoms with van der Waals surface area (Å²) in [4.78, 5) is 32.1. The van der Waals surface area contributed by atoms with Crippen LogP contribution in [0.15, 0.2) is 0 Å². The standard InChI is InChI=1S/C28H42N2O2/c31-25(27-13-19-7-20(14-27)9-21(8-19)15-27)29-3-1-4-30(6-2-5-29)26(32)28-16-22-10-23(17-28)12-24(11-22)18-28/h19-24H,1-18H2. The zero-order chi connectivity index (χ0) is 21.5. The molecule has 0 N–H and O–H groups in total. The highest BCUT2D eigenvalue weighted by molar-refractivity contribution is 5.84. The Balaban J connectivity index is 1.01. The summed E-state index contributed by atoms with van der Waals surface area (Å²) in [5.41, 5.74) is -0.0225. The molecular formula is C28H42N2O2. The monoisotopic (exact) mass is 438 g/mol. The van der Waals surface area contributed by atoms with E-state index in [9.17, 15) is 9.59 Å². The minimum absolute atomic E-state index is 0.0113. The maximum absolute atomic E-state index is 13.8. The molecule has 0 aromatic heterocycles. The number of nitrogens with zero attached hydrogens (tertiary/aromatic N) is 2. The molecule has 1 aliphatic heterocycles. The molecule has 8 aliphatic carbocycles. The van der Waals surface area contributed by atoms with Crippen molar-refractivity contribution in [3.8, 4) is 0 Å². The molecule has 1 heterocycles. The summed E-state index contributed by atoms with van der Waals surface area (Å²) in [5, 5.41) is 0. The second kappa shape index (κ2) is 7.22. The largest absolute Gasteiger partial charge is 0.342 e. The van der Waals surface area contributed by atoms with Crippen molar-refractivity contribution in [2.24, 2.45) is 46.3 Å². The van der Waals surface area contributed by atoms with Crippen LogP contribution in [0.25, 0.3) is 0 Å². The summed E-state index contributed by atoms with van der Waals surface area (Å²) >= 11 is 0. The lowest BCUT2D eigenvalue weighted by molar-refractivity contribution is -0.160. The molecular weight excluding hydrogens is 396 g/mol. The van der Waals surface area contributed by atoms with Crippen LogP contribution in [0, 0.1) is 46.3 Å². The number of rotatable bonds is 2. The molecule has 0 aromatic rings. The number of carbonyl (C=O) groups excluding carboxylic acids is 2. The fourth-order valence-corrected chi connectivity index (χ4v) is 11.0. The Morgan fingerprint density at radius 1 is 0.469 bits per heavy atom. The quantitative estimate of drug-likeness (QED) is 0.617. The van der Waals surface area contributed by atoms with E-state index in [1.165, 1.54) is 77.0 Å². The molecule has 0 unspecified atom stereocenters. The van der Waals surface area contributed by atoms with Crippen molar-refractivity contribution in [1.82, 2.24) is 9.80 Å². The first-order chi connectivity index (χ1) is 15.5. The molecule has 8 saturated carbocycles. The van der Waals surface area contributed by atoms with Gasteiger partial charge in [-0.15, -0.1) is 0 Å². The molecule has 0 radical (unpaired) electrons. The van der Waals surface area contributed by atoms with Crippen molar-refractivity contribution in [2.45, 2.75) is 89.9 Å². The van der Waals surface area contributed by atoms with E-state index in [-0.39, 0.29) is 10.8 Å². The zero-order valence-corrected chi connectivity index (χ0v) is 19.9. The first-order valence-corrected chi connectivity index (χ1v) is 14.1. The fourth-order valence-electron chi connectivity index (χ4n) is 11.0. The number of carbonyl (C=O) groups is 2. The minimum atomic E-state index is -0.0113. The van der Waals surface area contributed by atoms with E-state index >= 15 is 0 Å².